The summed E-state index contributed by atoms with van der Waals surface area (Å²) in [6.45, 7) is 7.15. The summed E-state index contributed by atoms with van der Waals surface area (Å²) < 4.78 is 0. The van der Waals surface area contributed by atoms with E-state index in [1.807, 2.05) is 20.8 Å². The molecule has 1 aliphatic heterocycles. The summed E-state index contributed by atoms with van der Waals surface area (Å²) in [6, 6.07) is 0.0357. The molecule has 0 aromatic rings. The summed E-state index contributed by atoms with van der Waals surface area (Å²) in [5.41, 5.74) is -0.123. The number of nitrogens with one attached hydrogen (secondary N) is 2. The molecule has 2 aliphatic rings. The first-order valence-electron chi connectivity index (χ1n) is 7.01. The molecule has 2 rings (SSSR count). The Hall–Kier alpha value is -0.570. The highest BCUT2D eigenvalue weighted by Gasteiger charge is 2.35. The van der Waals surface area contributed by atoms with Crippen molar-refractivity contribution in [2.24, 2.45) is 11.8 Å². The molecule has 0 radical (unpaired) electrons. The lowest BCUT2D eigenvalue weighted by molar-refractivity contribution is -0.126. The van der Waals surface area contributed by atoms with Crippen LogP contribution in [0.5, 0.6) is 0 Å². The molecule has 0 bridgehead atoms. The van der Waals surface area contributed by atoms with Crippen molar-refractivity contribution < 1.29 is 4.79 Å². The van der Waals surface area contributed by atoms with Gasteiger partial charge in [0.15, 0.2) is 0 Å². The van der Waals surface area contributed by atoms with Crippen LogP contribution in [0.25, 0.3) is 0 Å². The highest BCUT2D eigenvalue weighted by molar-refractivity contribution is 5.82. The molecule has 1 aliphatic carbocycles. The van der Waals surface area contributed by atoms with Crippen molar-refractivity contribution in [2.75, 3.05) is 6.54 Å². The molecule has 1 saturated heterocycles. The number of hydrogen-bond acceptors (Lipinski definition) is 2. The molecule has 0 aromatic heterocycles. The second kappa shape index (κ2) is 4.97. The first-order chi connectivity index (χ1) is 7.96. The molecule has 3 nitrogen and oxygen atoms in total. The molecule has 1 saturated carbocycles. The van der Waals surface area contributed by atoms with Crippen molar-refractivity contribution in [3.05, 3.63) is 0 Å². The second-order valence-corrected chi connectivity index (χ2v) is 6.74. The number of fused-ring (bicyclic) bond motifs is 1. The van der Waals surface area contributed by atoms with Gasteiger partial charge < -0.3 is 10.6 Å². The highest BCUT2D eigenvalue weighted by Crippen LogP contribution is 2.35. The summed E-state index contributed by atoms with van der Waals surface area (Å²) in [5.74, 6) is 1.78. The maximum atomic E-state index is 12.1. The van der Waals surface area contributed by atoms with E-state index < -0.39 is 0 Å². The molecular formula is C14H26N2O. The van der Waals surface area contributed by atoms with Gasteiger partial charge in [0, 0.05) is 5.54 Å². The molecule has 0 aromatic carbocycles. The predicted molar refractivity (Wildman–Crippen MR) is 69.8 cm³/mol. The fourth-order valence-electron chi connectivity index (χ4n) is 3.20. The highest BCUT2D eigenvalue weighted by atomic mass is 16.2. The first kappa shape index (κ1) is 12.9. The van der Waals surface area contributed by atoms with Crippen LogP contribution in [0.3, 0.4) is 0 Å². The molecule has 1 amide bonds. The van der Waals surface area contributed by atoms with Crippen molar-refractivity contribution >= 4 is 5.91 Å². The molecule has 0 unspecified atom stereocenters. The molecule has 2 N–H and O–H groups in total. The van der Waals surface area contributed by atoms with Crippen LogP contribution in [0.2, 0.25) is 0 Å². The molecule has 0 spiro atoms. The zero-order chi connectivity index (χ0) is 12.5. The largest absolute Gasteiger partial charge is 0.350 e. The zero-order valence-electron chi connectivity index (χ0n) is 11.4. The van der Waals surface area contributed by atoms with Gasteiger partial charge in [-0.2, -0.15) is 0 Å². The lowest BCUT2D eigenvalue weighted by Gasteiger charge is -2.40. The van der Waals surface area contributed by atoms with Gasteiger partial charge in [0.05, 0.1) is 6.04 Å². The summed E-state index contributed by atoms with van der Waals surface area (Å²) in [4.78, 5) is 12.1. The van der Waals surface area contributed by atoms with E-state index in [1.165, 1.54) is 25.7 Å². The topological polar surface area (TPSA) is 41.1 Å². The lowest BCUT2D eigenvalue weighted by atomic mass is 9.73. The Balaban J connectivity index is 1.89. The summed E-state index contributed by atoms with van der Waals surface area (Å²) in [7, 11) is 0. The van der Waals surface area contributed by atoms with Crippen LogP contribution in [0.1, 0.15) is 52.9 Å². The smallest absolute Gasteiger partial charge is 0.237 e. The Morgan fingerprint density at radius 1 is 1.18 bits per heavy atom. The number of piperidine rings is 1. The average molecular weight is 238 g/mol. The van der Waals surface area contributed by atoms with E-state index in [4.69, 9.17) is 0 Å². The average Bonchev–Trinajstić information content (AvgIpc) is 2.26. The van der Waals surface area contributed by atoms with Crippen LogP contribution in [-0.4, -0.2) is 24.0 Å². The van der Waals surface area contributed by atoms with Crippen LogP contribution in [0, 0.1) is 11.8 Å². The van der Waals surface area contributed by atoms with Gasteiger partial charge in [0.2, 0.25) is 5.91 Å². The minimum Gasteiger partial charge on any atom is -0.350 e. The number of amides is 1. The standard InChI is InChI=1S/C14H26N2O/c1-14(2,3)16-13(17)12-8-10-6-4-5-7-11(10)9-15-12/h10-12,15H,4-9H2,1-3H3,(H,16,17)/t10-,11+,12-/m1/s1. The molecule has 2 fully saturated rings. The van der Waals surface area contributed by atoms with Crippen LogP contribution in [0.15, 0.2) is 0 Å². The van der Waals surface area contributed by atoms with Gasteiger partial charge in [-0.15, -0.1) is 0 Å². The number of hydrogen-bond donors (Lipinski definition) is 2. The Morgan fingerprint density at radius 2 is 1.82 bits per heavy atom. The van der Waals surface area contributed by atoms with Gasteiger partial charge in [0.25, 0.3) is 0 Å². The van der Waals surface area contributed by atoms with Crippen molar-refractivity contribution in [2.45, 2.75) is 64.5 Å². The minimum atomic E-state index is -0.123. The van der Waals surface area contributed by atoms with Crippen molar-refractivity contribution in [3.63, 3.8) is 0 Å². The molecule has 98 valence electrons. The first-order valence-corrected chi connectivity index (χ1v) is 7.01. The summed E-state index contributed by atoms with van der Waals surface area (Å²) in [6.07, 6.45) is 6.44. The van der Waals surface area contributed by atoms with Gasteiger partial charge in [-0.05, 0) is 52.0 Å². The maximum Gasteiger partial charge on any atom is 0.237 e. The lowest BCUT2D eigenvalue weighted by Crippen LogP contribution is -2.55. The zero-order valence-corrected chi connectivity index (χ0v) is 11.4. The Labute approximate surface area is 105 Å². The van der Waals surface area contributed by atoms with Crippen molar-refractivity contribution in [3.8, 4) is 0 Å². The molecule has 17 heavy (non-hydrogen) atoms. The third-order valence-electron chi connectivity index (χ3n) is 4.05. The van der Waals surface area contributed by atoms with E-state index in [2.05, 4.69) is 10.6 Å². The molecular weight excluding hydrogens is 212 g/mol. The third-order valence-corrected chi connectivity index (χ3v) is 4.05. The van der Waals surface area contributed by atoms with Gasteiger partial charge in [0.1, 0.15) is 0 Å². The fraction of sp³-hybridized carbons (Fsp3) is 0.929. The van der Waals surface area contributed by atoms with Crippen LogP contribution >= 0.6 is 0 Å². The molecule has 3 atom stereocenters. The van der Waals surface area contributed by atoms with Crippen LogP contribution in [-0.2, 0) is 4.79 Å². The Bertz CT molecular complexity index is 282. The van der Waals surface area contributed by atoms with E-state index in [1.54, 1.807) is 0 Å². The predicted octanol–water partition coefficient (Wildman–Crippen LogP) is 2.07. The number of rotatable bonds is 1. The SMILES string of the molecule is CC(C)(C)NC(=O)[C@H]1C[C@H]2CCCC[C@H]2CN1. The van der Waals surface area contributed by atoms with Crippen LogP contribution < -0.4 is 10.6 Å². The van der Waals surface area contributed by atoms with Gasteiger partial charge in [-0.3, -0.25) is 4.79 Å². The quantitative estimate of drug-likeness (QED) is 0.734. The fourth-order valence-corrected chi connectivity index (χ4v) is 3.20. The van der Waals surface area contributed by atoms with Gasteiger partial charge in [-0.25, -0.2) is 0 Å². The normalized spacial score (nSPS) is 33.9. The van der Waals surface area contributed by atoms with E-state index in [0.29, 0.717) is 0 Å². The van der Waals surface area contributed by atoms with E-state index in [-0.39, 0.29) is 17.5 Å². The summed E-state index contributed by atoms with van der Waals surface area (Å²) >= 11 is 0. The Kier molecular flexibility index (Phi) is 3.76. The minimum absolute atomic E-state index is 0.0357. The number of carbonyl (C=O) groups is 1. The van der Waals surface area contributed by atoms with Gasteiger partial charge >= 0.3 is 0 Å². The monoisotopic (exact) mass is 238 g/mol. The molecule has 1 heterocycles. The molecule has 3 heteroatoms. The number of carbonyl (C=O) groups excluding carboxylic acids is 1. The van der Waals surface area contributed by atoms with E-state index >= 15 is 0 Å². The third kappa shape index (κ3) is 3.44. The summed E-state index contributed by atoms with van der Waals surface area (Å²) in [5, 5.41) is 6.51. The van der Waals surface area contributed by atoms with Crippen molar-refractivity contribution in [1.29, 1.82) is 0 Å². The maximum absolute atomic E-state index is 12.1. The van der Waals surface area contributed by atoms with E-state index in [9.17, 15) is 4.79 Å². The van der Waals surface area contributed by atoms with E-state index in [0.717, 1.165) is 24.8 Å². The van der Waals surface area contributed by atoms with Gasteiger partial charge in [-0.1, -0.05) is 19.3 Å². The Morgan fingerprint density at radius 3 is 2.47 bits per heavy atom. The van der Waals surface area contributed by atoms with Crippen LogP contribution in [0.4, 0.5) is 0 Å². The van der Waals surface area contributed by atoms with Crippen molar-refractivity contribution in [1.82, 2.24) is 10.6 Å². The second-order valence-electron chi connectivity index (χ2n) is 6.74.